The number of aliphatic imine (C=N–C) groups is 1. The van der Waals surface area contributed by atoms with Gasteiger partial charge in [-0.05, 0) is 25.3 Å². The Bertz CT molecular complexity index is 785. The van der Waals surface area contributed by atoms with Crippen LogP contribution in [-0.4, -0.2) is 42.8 Å². The Morgan fingerprint density at radius 1 is 1.24 bits per heavy atom. The summed E-state index contributed by atoms with van der Waals surface area (Å²) in [6.45, 7) is 8.54. The van der Waals surface area contributed by atoms with Crippen LogP contribution in [0.2, 0.25) is 0 Å². The summed E-state index contributed by atoms with van der Waals surface area (Å²) in [6.07, 6.45) is 3.03. The molecule has 2 aromatic rings. The highest BCUT2D eigenvalue weighted by molar-refractivity contribution is 5.79. The molecule has 7 heteroatoms. The van der Waals surface area contributed by atoms with Crippen molar-refractivity contribution in [3.05, 3.63) is 47.1 Å². The average molecular weight is 400 g/mol. The minimum atomic E-state index is 0.128. The van der Waals surface area contributed by atoms with Crippen LogP contribution >= 0.6 is 0 Å². The maximum absolute atomic E-state index is 6.12. The van der Waals surface area contributed by atoms with Gasteiger partial charge < -0.3 is 19.9 Å². The summed E-state index contributed by atoms with van der Waals surface area (Å²) in [5.74, 6) is 2.86. The highest BCUT2D eigenvalue weighted by Crippen LogP contribution is 2.33. The molecule has 1 aromatic carbocycles. The number of guanidine groups is 1. The number of hydrogen-bond donors (Lipinski definition) is 2. The molecule has 0 aliphatic carbocycles. The first-order valence-corrected chi connectivity index (χ1v) is 10.5. The molecule has 1 aromatic heterocycles. The molecule has 1 saturated heterocycles. The lowest BCUT2D eigenvalue weighted by atomic mass is 9.89. The lowest BCUT2D eigenvalue weighted by Gasteiger charge is -2.32. The Labute approximate surface area is 173 Å². The minimum absolute atomic E-state index is 0.128. The zero-order valence-corrected chi connectivity index (χ0v) is 17.9. The molecule has 158 valence electrons. The molecule has 1 aliphatic heterocycles. The standard InChI is InChI=1S/C22H33N5O2/c1-15(2)21-26-19(29-27-21)11-12-24-22(23-4)25-14-18-6-5-13-28-20(18)17-9-7-16(3)8-10-17/h7-10,15,18,20H,5-6,11-14H2,1-4H3,(H2,23,24,25). The van der Waals surface area contributed by atoms with Gasteiger partial charge in [0.2, 0.25) is 5.89 Å². The van der Waals surface area contributed by atoms with Crippen molar-refractivity contribution in [3.8, 4) is 0 Å². The number of ether oxygens (including phenoxy) is 1. The van der Waals surface area contributed by atoms with Crippen LogP contribution in [0.25, 0.3) is 0 Å². The normalized spacial score (nSPS) is 20.1. The van der Waals surface area contributed by atoms with Gasteiger partial charge >= 0.3 is 0 Å². The second-order valence-corrected chi connectivity index (χ2v) is 7.94. The van der Waals surface area contributed by atoms with Gasteiger partial charge in [-0.3, -0.25) is 4.99 Å². The number of nitrogens with zero attached hydrogens (tertiary/aromatic N) is 3. The van der Waals surface area contributed by atoms with E-state index in [1.807, 2.05) is 0 Å². The Balaban J connectivity index is 1.48. The molecule has 2 heterocycles. The summed E-state index contributed by atoms with van der Waals surface area (Å²) in [4.78, 5) is 8.74. The molecular weight excluding hydrogens is 366 g/mol. The summed E-state index contributed by atoms with van der Waals surface area (Å²) >= 11 is 0. The predicted octanol–water partition coefficient (Wildman–Crippen LogP) is 3.38. The van der Waals surface area contributed by atoms with Gasteiger partial charge in [0.25, 0.3) is 0 Å². The monoisotopic (exact) mass is 399 g/mol. The van der Waals surface area contributed by atoms with E-state index in [2.05, 4.69) is 70.8 Å². The van der Waals surface area contributed by atoms with Crippen LogP contribution in [0.3, 0.4) is 0 Å². The molecule has 0 saturated carbocycles. The van der Waals surface area contributed by atoms with E-state index in [1.165, 1.54) is 11.1 Å². The van der Waals surface area contributed by atoms with Crippen molar-refractivity contribution in [3.63, 3.8) is 0 Å². The van der Waals surface area contributed by atoms with E-state index in [-0.39, 0.29) is 12.0 Å². The number of rotatable bonds is 7. The molecule has 29 heavy (non-hydrogen) atoms. The zero-order chi connectivity index (χ0) is 20.6. The topological polar surface area (TPSA) is 84.6 Å². The fourth-order valence-electron chi connectivity index (χ4n) is 3.52. The second kappa shape index (κ2) is 10.4. The second-order valence-electron chi connectivity index (χ2n) is 7.94. The maximum atomic E-state index is 6.12. The largest absolute Gasteiger partial charge is 0.373 e. The molecule has 2 N–H and O–H groups in total. The first-order valence-electron chi connectivity index (χ1n) is 10.5. The van der Waals surface area contributed by atoms with E-state index in [9.17, 15) is 0 Å². The lowest BCUT2D eigenvalue weighted by molar-refractivity contribution is -0.0265. The van der Waals surface area contributed by atoms with E-state index < -0.39 is 0 Å². The smallest absolute Gasteiger partial charge is 0.228 e. The quantitative estimate of drug-likeness (QED) is 0.548. The van der Waals surface area contributed by atoms with Crippen LogP contribution in [-0.2, 0) is 11.2 Å². The molecular formula is C22H33N5O2. The third kappa shape index (κ3) is 6.03. The number of benzene rings is 1. The number of aromatic nitrogens is 2. The van der Waals surface area contributed by atoms with Gasteiger partial charge in [0.15, 0.2) is 11.8 Å². The van der Waals surface area contributed by atoms with Crippen molar-refractivity contribution in [1.29, 1.82) is 0 Å². The van der Waals surface area contributed by atoms with Gasteiger partial charge in [-0.25, -0.2) is 0 Å². The third-order valence-electron chi connectivity index (χ3n) is 5.24. The van der Waals surface area contributed by atoms with Crippen LogP contribution in [0.15, 0.2) is 33.8 Å². The van der Waals surface area contributed by atoms with Crippen LogP contribution in [0, 0.1) is 12.8 Å². The third-order valence-corrected chi connectivity index (χ3v) is 5.24. The molecule has 1 fully saturated rings. The van der Waals surface area contributed by atoms with Gasteiger partial charge in [0, 0.05) is 45.0 Å². The van der Waals surface area contributed by atoms with Crippen molar-refractivity contribution in [2.75, 3.05) is 26.7 Å². The van der Waals surface area contributed by atoms with Crippen molar-refractivity contribution >= 4 is 5.96 Å². The summed E-state index contributed by atoms with van der Waals surface area (Å²) < 4.78 is 11.4. The van der Waals surface area contributed by atoms with Gasteiger partial charge in [-0.15, -0.1) is 0 Å². The van der Waals surface area contributed by atoms with Gasteiger partial charge in [0.05, 0.1) is 6.10 Å². The molecule has 2 unspecified atom stereocenters. The van der Waals surface area contributed by atoms with E-state index in [0.717, 1.165) is 37.8 Å². The lowest BCUT2D eigenvalue weighted by Crippen LogP contribution is -2.42. The van der Waals surface area contributed by atoms with Gasteiger partial charge in [-0.2, -0.15) is 4.98 Å². The van der Waals surface area contributed by atoms with Crippen LogP contribution in [0.5, 0.6) is 0 Å². The zero-order valence-electron chi connectivity index (χ0n) is 17.9. The fraction of sp³-hybridized carbons (Fsp3) is 0.591. The molecule has 0 amide bonds. The molecule has 3 rings (SSSR count). The number of hydrogen-bond acceptors (Lipinski definition) is 5. The number of nitrogens with one attached hydrogen (secondary N) is 2. The van der Waals surface area contributed by atoms with E-state index in [1.54, 1.807) is 7.05 Å². The van der Waals surface area contributed by atoms with Gasteiger partial charge in [0.1, 0.15) is 0 Å². The van der Waals surface area contributed by atoms with Crippen molar-refractivity contribution in [2.45, 2.75) is 52.1 Å². The van der Waals surface area contributed by atoms with E-state index in [0.29, 0.717) is 24.8 Å². The number of aryl methyl sites for hydroxylation is 1. The summed E-state index contributed by atoms with van der Waals surface area (Å²) in [7, 11) is 1.79. The summed E-state index contributed by atoms with van der Waals surface area (Å²) in [5.41, 5.74) is 2.52. The van der Waals surface area contributed by atoms with E-state index >= 15 is 0 Å². The van der Waals surface area contributed by atoms with Crippen molar-refractivity contribution in [2.24, 2.45) is 10.9 Å². The minimum Gasteiger partial charge on any atom is -0.373 e. The van der Waals surface area contributed by atoms with E-state index in [4.69, 9.17) is 9.26 Å². The van der Waals surface area contributed by atoms with Gasteiger partial charge in [-0.1, -0.05) is 48.8 Å². The summed E-state index contributed by atoms with van der Waals surface area (Å²) in [6, 6.07) is 8.67. The predicted molar refractivity (Wildman–Crippen MR) is 114 cm³/mol. The molecule has 0 radical (unpaired) electrons. The molecule has 0 bridgehead atoms. The highest BCUT2D eigenvalue weighted by Gasteiger charge is 2.27. The SMILES string of the molecule is CN=C(NCCc1nc(C(C)C)no1)NCC1CCCOC1c1ccc(C)cc1. The molecule has 7 nitrogen and oxygen atoms in total. The van der Waals surface area contributed by atoms with Crippen molar-refractivity contribution in [1.82, 2.24) is 20.8 Å². The molecule has 1 aliphatic rings. The molecule has 2 atom stereocenters. The Hall–Kier alpha value is -2.41. The Kier molecular flexibility index (Phi) is 7.63. The van der Waals surface area contributed by atoms with Crippen molar-refractivity contribution < 1.29 is 9.26 Å². The fourth-order valence-corrected chi connectivity index (χ4v) is 3.52. The Morgan fingerprint density at radius 2 is 2.03 bits per heavy atom. The first kappa shape index (κ1) is 21.3. The highest BCUT2D eigenvalue weighted by atomic mass is 16.5. The van der Waals surface area contributed by atoms with Crippen LogP contribution in [0.4, 0.5) is 0 Å². The average Bonchev–Trinajstić information content (AvgIpc) is 3.21. The van der Waals surface area contributed by atoms with Crippen LogP contribution < -0.4 is 10.6 Å². The summed E-state index contributed by atoms with van der Waals surface area (Å²) in [5, 5.41) is 10.8. The Morgan fingerprint density at radius 3 is 2.72 bits per heavy atom. The van der Waals surface area contributed by atoms with Crippen LogP contribution in [0.1, 0.15) is 61.6 Å². The first-order chi connectivity index (χ1) is 14.1. The maximum Gasteiger partial charge on any atom is 0.228 e. The molecule has 0 spiro atoms.